The lowest BCUT2D eigenvalue weighted by molar-refractivity contribution is 0.170. The van der Waals surface area contributed by atoms with Crippen molar-refractivity contribution in [2.75, 3.05) is 39.8 Å². The first-order chi connectivity index (χ1) is 7.72. The van der Waals surface area contributed by atoms with Gasteiger partial charge in [0.2, 0.25) is 0 Å². The zero-order valence-corrected chi connectivity index (χ0v) is 11.3. The van der Waals surface area contributed by atoms with Gasteiger partial charge in [-0.15, -0.1) is 0 Å². The highest BCUT2D eigenvalue weighted by Crippen LogP contribution is 2.28. The van der Waals surface area contributed by atoms with Crippen LogP contribution in [-0.2, 0) is 0 Å². The Bertz CT molecular complexity index is 180. The molecule has 1 rings (SSSR count). The van der Waals surface area contributed by atoms with Crippen molar-refractivity contribution in [2.45, 2.75) is 39.2 Å². The Balaban J connectivity index is 2.30. The maximum absolute atomic E-state index is 5.83. The van der Waals surface area contributed by atoms with E-state index in [-0.39, 0.29) is 0 Å². The summed E-state index contributed by atoms with van der Waals surface area (Å²) in [5.41, 5.74) is 5.83. The monoisotopic (exact) mass is 227 g/mol. The highest BCUT2D eigenvalue weighted by Gasteiger charge is 2.28. The lowest BCUT2D eigenvalue weighted by Crippen LogP contribution is -2.42. The van der Waals surface area contributed by atoms with Crippen molar-refractivity contribution in [3.05, 3.63) is 0 Å². The SMILES string of the molecule is CCN(CC)CCN(C)C1CCCC1CN. The van der Waals surface area contributed by atoms with Crippen LogP contribution in [0.2, 0.25) is 0 Å². The fraction of sp³-hybridized carbons (Fsp3) is 1.00. The molecule has 0 saturated heterocycles. The molecule has 0 heterocycles. The van der Waals surface area contributed by atoms with Gasteiger partial charge in [0, 0.05) is 19.1 Å². The smallest absolute Gasteiger partial charge is 0.0133 e. The second kappa shape index (κ2) is 7.25. The molecule has 0 spiro atoms. The van der Waals surface area contributed by atoms with Crippen molar-refractivity contribution >= 4 is 0 Å². The maximum Gasteiger partial charge on any atom is 0.0133 e. The number of hydrogen-bond acceptors (Lipinski definition) is 3. The number of nitrogens with two attached hydrogens (primary N) is 1. The fourth-order valence-electron chi connectivity index (χ4n) is 2.88. The third kappa shape index (κ3) is 3.72. The molecule has 2 unspecified atom stereocenters. The summed E-state index contributed by atoms with van der Waals surface area (Å²) in [6.45, 7) is 10.0. The van der Waals surface area contributed by atoms with Crippen LogP contribution in [-0.4, -0.2) is 55.6 Å². The lowest BCUT2D eigenvalue weighted by Gasteiger charge is -2.31. The first-order valence-corrected chi connectivity index (χ1v) is 6.85. The van der Waals surface area contributed by atoms with E-state index in [1.807, 2.05) is 0 Å². The van der Waals surface area contributed by atoms with Crippen molar-refractivity contribution in [1.82, 2.24) is 9.80 Å². The van der Waals surface area contributed by atoms with Gasteiger partial charge in [-0.2, -0.15) is 0 Å². The minimum Gasteiger partial charge on any atom is -0.330 e. The number of hydrogen-bond donors (Lipinski definition) is 1. The Morgan fingerprint density at radius 3 is 2.38 bits per heavy atom. The van der Waals surface area contributed by atoms with Crippen LogP contribution >= 0.6 is 0 Å². The van der Waals surface area contributed by atoms with Crippen LogP contribution in [0.1, 0.15) is 33.1 Å². The zero-order chi connectivity index (χ0) is 12.0. The third-order valence-corrected chi connectivity index (χ3v) is 4.15. The molecule has 0 radical (unpaired) electrons. The maximum atomic E-state index is 5.83. The first kappa shape index (κ1) is 13.9. The van der Waals surface area contributed by atoms with E-state index in [9.17, 15) is 0 Å². The van der Waals surface area contributed by atoms with E-state index >= 15 is 0 Å². The molecule has 1 saturated carbocycles. The fourth-order valence-corrected chi connectivity index (χ4v) is 2.88. The summed E-state index contributed by atoms with van der Waals surface area (Å²) in [6, 6.07) is 0.737. The highest BCUT2D eigenvalue weighted by atomic mass is 15.2. The second-order valence-corrected chi connectivity index (χ2v) is 5.00. The molecule has 0 amide bonds. The average Bonchev–Trinajstić information content (AvgIpc) is 2.78. The summed E-state index contributed by atoms with van der Waals surface area (Å²) in [4.78, 5) is 5.02. The van der Waals surface area contributed by atoms with Gasteiger partial charge in [-0.3, -0.25) is 0 Å². The Labute approximate surface area is 101 Å². The van der Waals surface area contributed by atoms with Crippen molar-refractivity contribution in [1.29, 1.82) is 0 Å². The minimum atomic E-state index is 0.737. The minimum absolute atomic E-state index is 0.737. The van der Waals surface area contributed by atoms with E-state index in [0.29, 0.717) is 0 Å². The van der Waals surface area contributed by atoms with Crippen molar-refractivity contribution < 1.29 is 0 Å². The number of nitrogens with zero attached hydrogens (tertiary/aromatic N) is 2. The van der Waals surface area contributed by atoms with Gasteiger partial charge in [0.15, 0.2) is 0 Å². The van der Waals surface area contributed by atoms with Crippen LogP contribution < -0.4 is 5.73 Å². The normalized spacial score (nSPS) is 25.9. The van der Waals surface area contributed by atoms with Gasteiger partial charge in [0.1, 0.15) is 0 Å². The van der Waals surface area contributed by atoms with E-state index in [4.69, 9.17) is 5.73 Å². The van der Waals surface area contributed by atoms with Crippen LogP contribution in [0, 0.1) is 5.92 Å². The largest absolute Gasteiger partial charge is 0.330 e. The summed E-state index contributed by atoms with van der Waals surface area (Å²) >= 11 is 0. The van der Waals surface area contributed by atoms with E-state index in [2.05, 4.69) is 30.7 Å². The van der Waals surface area contributed by atoms with Gasteiger partial charge in [-0.25, -0.2) is 0 Å². The highest BCUT2D eigenvalue weighted by molar-refractivity contribution is 4.84. The lowest BCUT2D eigenvalue weighted by atomic mass is 10.0. The summed E-state index contributed by atoms with van der Waals surface area (Å²) in [7, 11) is 2.27. The van der Waals surface area contributed by atoms with Gasteiger partial charge in [-0.1, -0.05) is 20.3 Å². The van der Waals surface area contributed by atoms with Crippen molar-refractivity contribution in [3.63, 3.8) is 0 Å². The van der Waals surface area contributed by atoms with Crippen LogP contribution in [0.25, 0.3) is 0 Å². The van der Waals surface area contributed by atoms with Crippen molar-refractivity contribution in [3.8, 4) is 0 Å². The van der Waals surface area contributed by atoms with Gasteiger partial charge in [0.05, 0.1) is 0 Å². The molecular formula is C13H29N3. The molecule has 3 heteroatoms. The summed E-state index contributed by atoms with van der Waals surface area (Å²) < 4.78 is 0. The van der Waals surface area contributed by atoms with Gasteiger partial charge in [-0.05, 0) is 45.4 Å². The first-order valence-electron chi connectivity index (χ1n) is 6.85. The zero-order valence-electron chi connectivity index (χ0n) is 11.3. The van der Waals surface area contributed by atoms with E-state index in [1.165, 1.54) is 32.4 Å². The van der Waals surface area contributed by atoms with Crippen LogP contribution in [0.4, 0.5) is 0 Å². The molecule has 1 aliphatic carbocycles. The Hall–Kier alpha value is -0.120. The molecule has 1 fully saturated rings. The summed E-state index contributed by atoms with van der Waals surface area (Å²) in [6.07, 6.45) is 4.04. The number of rotatable bonds is 7. The average molecular weight is 227 g/mol. The van der Waals surface area contributed by atoms with E-state index < -0.39 is 0 Å². The topological polar surface area (TPSA) is 32.5 Å². The van der Waals surface area contributed by atoms with Gasteiger partial charge < -0.3 is 15.5 Å². The van der Waals surface area contributed by atoms with Gasteiger partial charge >= 0.3 is 0 Å². The van der Waals surface area contributed by atoms with Crippen LogP contribution in [0.5, 0.6) is 0 Å². The Morgan fingerprint density at radius 2 is 1.81 bits per heavy atom. The van der Waals surface area contributed by atoms with Crippen LogP contribution in [0.15, 0.2) is 0 Å². The van der Waals surface area contributed by atoms with E-state index in [0.717, 1.165) is 31.6 Å². The molecule has 3 nitrogen and oxygen atoms in total. The molecule has 0 aromatic rings. The molecule has 0 aromatic carbocycles. The molecule has 16 heavy (non-hydrogen) atoms. The molecule has 0 aromatic heterocycles. The summed E-state index contributed by atoms with van der Waals surface area (Å²) in [5.74, 6) is 0.738. The molecule has 96 valence electrons. The quantitative estimate of drug-likeness (QED) is 0.713. The predicted molar refractivity (Wildman–Crippen MR) is 70.6 cm³/mol. The third-order valence-electron chi connectivity index (χ3n) is 4.15. The molecule has 0 bridgehead atoms. The molecule has 0 aliphatic heterocycles. The predicted octanol–water partition coefficient (Wildman–Crippen LogP) is 1.39. The standard InChI is InChI=1S/C13H29N3/c1-4-16(5-2)10-9-15(3)13-8-6-7-12(13)11-14/h12-13H,4-11,14H2,1-3H3. The number of likely N-dealkylation sites (N-methyl/N-ethyl adjacent to an activating group) is 2. The Morgan fingerprint density at radius 1 is 1.12 bits per heavy atom. The summed E-state index contributed by atoms with van der Waals surface area (Å²) in [5, 5.41) is 0. The molecular weight excluding hydrogens is 198 g/mol. The molecule has 2 atom stereocenters. The molecule has 2 N–H and O–H groups in total. The second-order valence-electron chi connectivity index (χ2n) is 5.00. The van der Waals surface area contributed by atoms with Crippen LogP contribution in [0.3, 0.4) is 0 Å². The molecule has 1 aliphatic rings. The van der Waals surface area contributed by atoms with E-state index in [1.54, 1.807) is 0 Å². The van der Waals surface area contributed by atoms with Crippen molar-refractivity contribution in [2.24, 2.45) is 11.7 Å². The van der Waals surface area contributed by atoms with Gasteiger partial charge in [0.25, 0.3) is 0 Å². The Kier molecular flexibility index (Phi) is 6.32.